The molecular weight excluding hydrogens is 166 g/mol. The van der Waals surface area contributed by atoms with E-state index >= 15 is 0 Å². The molecule has 13 heavy (non-hydrogen) atoms. The van der Waals surface area contributed by atoms with Crippen LogP contribution in [0, 0.1) is 0 Å². The molecule has 1 aromatic carbocycles. The van der Waals surface area contributed by atoms with Gasteiger partial charge in [-0.3, -0.25) is 0 Å². The van der Waals surface area contributed by atoms with E-state index < -0.39 is 0 Å². The molecule has 4 nitrogen and oxygen atoms in total. The Bertz CT molecular complexity index is 455. The van der Waals surface area contributed by atoms with Gasteiger partial charge in [0.15, 0.2) is 0 Å². The fourth-order valence-corrected chi connectivity index (χ4v) is 1.08. The molecule has 0 aliphatic heterocycles. The van der Waals surface area contributed by atoms with Gasteiger partial charge in [0.2, 0.25) is 5.49 Å². The largest absolute Gasteiger partial charge is 0.409 e. The van der Waals surface area contributed by atoms with Crippen LogP contribution in [-0.4, -0.2) is 15.4 Å². The number of benzene rings is 1. The predicted octanol–water partition coefficient (Wildman–Crippen LogP) is 0.920. The second-order valence-corrected chi connectivity index (χ2v) is 2.55. The van der Waals surface area contributed by atoms with Crippen LogP contribution in [0.15, 0.2) is 41.6 Å². The highest BCUT2D eigenvalue weighted by molar-refractivity contribution is 5.76. The van der Waals surface area contributed by atoms with Crippen molar-refractivity contribution in [3.05, 3.63) is 41.9 Å². The molecule has 64 valence electrons. The lowest BCUT2D eigenvalue weighted by atomic mass is 10.2. The van der Waals surface area contributed by atoms with E-state index in [4.69, 9.17) is 5.21 Å². The van der Waals surface area contributed by atoms with Crippen molar-refractivity contribution in [2.75, 3.05) is 0 Å². The number of nitrogens with zero attached hydrogens (tertiary/aromatic N) is 3. The normalized spacial score (nSPS) is 11.8. The highest BCUT2D eigenvalue weighted by atomic mass is 16.4. The summed E-state index contributed by atoms with van der Waals surface area (Å²) in [5.74, 6) is 0. The molecule has 0 radical (unpaired) electrons. The molecular formula is C9H7N3O. The van der Waals surface area contributed by atoms with Gasteiger partial charge in [0, 0.05) is 5.39 Å². The van der Waals surface area contributed by atoms with Crippen molar-refractivity contribution in [3.63, 3.8) is 0 Å². The Morgan fingerprint density at radius 3 is 2.69 bits per heavy atom. The fourth-order valence-electron chi connectivity index (χ4n) is 1.08. The van der Waals surface area contributed by atoms with Crippen LogP contribution in [0.25, 0.3) is 10.9 Å². The van der Waals surface area contributed by atoms with Crippen molar-refractivity contribution >= 4 is 10.9 Å². The van der Waals surface area contributed by atoms with Gasteiger partial charge >= 0.3 is 0 Å². The van der Waals surface area contributed by atoms with Gasteiger partial charge in [0.25, 0.3) is 0 Å². The minimum atomic E-state index is 0.205. The summed E-state index contributed by atoms with van der Waals surface area (Å²) in [5.41, 5.74) is 0.980. The van der Waals surface area contributed by atoms with E-state index in [1.807, 2.05) is 30.3 Å². The molecule has 0 saturated carbocycles. The fraction of sp³-hybridized carbons (Fsp3) is 0. The van der Waals surface area contributed by atoms with E-state index in [9.17, 15) is 0 Å². The Morgan fingerprint density at radius 2 is 1.85 bits per heavy atom. The highest BCUT2D eigenvalue weighted by Crippen LogP contribution is 2.05. The summed E-state index contributed by atoms with van der Waals surface area (Å²) >= 11 is 0. The second kappa shape index (κ2) is 3.18. The average molecular weight is 173 g/mol. The summed E-state index contributed by atoms with van der Waals surface area (Å²) in [6.07, 6.45) is 0. The summed E-state index contributed by atoms with van der Waals surface area (Å²) in [5, 5.41) is 20.0. The molecule has 2 rings (SSSR count). The van der Waals surface area contributed by atoms with Gasteiger partial charge in [0.1, 0.15) is 0 Å². The topological polar surface area (TPSA) is 58.4 Å². The lowest BCUT2D eigenvalue weighted by Gasteiger charge is -1.85. The number of hydrogen-bond donors (Lipinski definition) is 1. The lowest BCUT2D eigenvalue weighted by Crippen LogP contribution is -2.03. The van der Waals surface area contributed by atoms with Crippen LogP contribution in [-0.2, 0) is 0 Å². The minimum absolute atomic E-state index is 0.205. The first-order valence-corrected chi connectivity index (χ1v) is 3.81. The van der Waals surface area contributed by atoms with Crippen molar-refractivity contribution in [3.8, 4) is 0 Å². The Morgan fingerprint density at radius 1 is 1.00 bits per heavy atom. The molecule has 1 N–H and O–H groups in total. The molecule has 1 aromatic heterocycles. The van der Waals surface area contributed by atoms with Gasteiger partial charge in [-0.05, 0) is 18.2 Å². The van der Waals surface area contributed by atoms with Crippen LogP contribution in [0.4, 0.5) is 0 Å². The second-order valence-electron chi connectivity index (χ2n) is 2.55. The Labute approximate surface area is 74.2 Å². The molecule has 0 amide bonds. The van der Waals surface area contributed by atoms with Crippen molar-refractivity contribution < 1.29 is 5.21 Å². The van der Waals surface area contributed by atoms with E-state index in [-0.39, 0.29) is 5.49 Å². The van der Waals surface area contributed by atoms with Gasteiger partial charge in [-0.1, -0.05) is 23.4 Å². The third-order valence-corrected chi connectivity index (χ3v) is 1.71. The Hall–Kier alpha value is -1.97. The molecule has 1 heterocycles. The number of fused-ring (bicyclic) bond motifs is 1. The summed E-state index contributed by atoms with van der Waals surface area (Å²) in [6.45, 7) is 0. The highest BCUT2D eigenvalue weighted by Gasteiger charge is 1.89. The predicted molar refractivity (Wildman–Crippen MR) is 46.9 cm³/mol. The molecule has 0 bridgehead atoms. The smallest absolute Gasteiger partial charge is 0.212 e. The summed E-state index contributed by atoms with van der Waals surface area (Å²) in [4.78, 5) is 0. The minimum Gasteiger partial charge on any atom is -0.409 e. The number of aromatic nitrogens is 2. The first-order chi connectivity index (χ1) is 6.40. The zero-order chi connectivity index (χ0) is 9.10. The van der Waals surface area contributed by atoms with Crippen molar-refractivity contribution in [1.82, 2.24) is 10.2 Å². The zero-order valence-electron chi connectivity index (χ0n) is 6.75. The monoisotopic (exact) mass is 173 g/mol. The van der Waals surface area contributed by atoms with Gasteiger partial charge in [-0.15, -0.1) is 10.2 Å². The third kappa shape index (κ3) is 1.46. The van der Waals surface area contributed by atoms with E-state index in [2.05, 4.69) is 15.4 Å². The van der Waals surface area contributed by atoms with Crippen LogP contribution < -0.4 is 5.49 Å². The van der Waals surface area contributed by atoms with Crippen LogP contribution in [0.1, 0.15) is 0 Å². The maximum Gasteiger partial charge on any atom is 0.212 e. The first kappa shape index (κ1) is 7.67. The summed E-state index contributed by atoms with van der Waals surface area (Å²) in [6, 6.07) is 11.0. The van der Waals surface area contributed by atoms with Gasteiger partial charge in [0.05, 0.1) is 5.52 Å². The Kier molecular flexibility index (Phi) is 1.88. The molecule has 0 aliphatic rings. The van der Waals surface area contributed by atoms with Crippen molar-refractivity contribution in [2.45, 2.75) is 0 Å². The number of rotatable bonds is 0. The summed E-state index contributed by atoms with van der Waals surface area (Å²) < 4.78 is 0. The van der Waals surface area contributed by atoms with Gasteiger partial charge in [-0.25, -0.2) is 0 Å². The van der Waals surface area contributed by atoms with E-state index in [0.29, 0.717) is 0 Å². The first-order valence-electron chi connectivity index (χ1n) is 3.81. The SMILES string of the molecule is ON=c1ccc2ccccc2nn1. The van der Waals surface area contributed by atoms with Crippen LogP contribution in [0.5, 0.6) is 0 Å². The van der Waals surface area contributed by atoms with E-state index in [1.165, 1.54) is 0 Å². The Balaban J connectivity index is 2.86. The molecule has 0 spiro atoms. The molecule has 0 atom stereocenters. The van der Waals surface area contributed by atoms with Crippen LogP contribution in [0.3, 0.4) is 0 Å². The van der Waals surface area contributed by atoms with Crippen LogP contribution in [0.2, 0.25) is 0 Å². The van der Waals surface area contributed by atoms with Crippen molar-refractivity contribution in [1.29, 1.82) is 0 Å². The van der Waals surface area contributed by atoms with Crippen molar-refractivity contribution in [2.24, 2.45) is 5.16 Å². The molecule has 2 aromatic rings. The molecule has 0 saturated heterocycles. The van der Waals surface area contributed by atoms with E-state index in [1.54, 1.807) is 6.07 Å². The molecule has 0 fully saturated rings. The lowest BCUT2D eigenvalue weighted by molar-refractivity contribution is 0.298. The third-order valence-electron chi connectivity index (χ3n) is 1.71. The summed E-state index contributed by atoms with van der Waals surface area (Å²) in [7, 11) is 0. The maximum absolute atomic E-state index is 8.48. The standard InChI is InChI=1S/C9H7N3O/c13-12-9-6-5-7-3-1-2-4-8(7)10-11-9/h1-6,13H. The zero-order valence-corrected chi connectivity index (χ0v) is 6.75. The molecule has 0 aliphatic carbocycles. The average Bonchev–Trinajstić information content (AvgIpc) is 2.39. The number of hydrogen-bond acceptors (Lipinski definition) is 4. The maximum atomic E-state index is 8.48. The van der Waals surface area contributed by atoms with Gasteiger partial charge in [-0.2, -0.15) is 0 Å². The molecule has 4 heteroatoms. The molecule has 0 unspecified atom stereocenters. The van der Waals surface area contributed by atoms with Gasteiger partial charge < -0.3 is 5.21 Å². The quantitative estimate of drug-likeness (QED) is 0.476. The van der Waals surface area contributed by atoms with Crippen LogP contribution >= 0.6 is 0 Å². The van der Waals surface area contributed by atoms with E-state index in [0.717, 1.165) is 10.9 Å².